The maximum absolute atomic E-state index is 12.5. The van der Waals surface area contributed by atoms with Gasteiger partial charge in [-0.25, -0.2) is 18.7 Å². The lowest BCUT2D eigenvalue weighted by Gasteiger charge is -2.04. The van der Waals surface area contributed by atoms with E-state index in [9.17, 15) is 8.78 Å². The fraction of sp³-hybridized carbons (Fsp3) is 0.143. The molecule has 3 aromatic rings. The van der Waals surface area contributed by atoms with E-state index in [1.807, 2.05) is 23.6 Å². The van der Waals surface area contributed by atoms with Crippen LogP contribution in [0, 0.1) is 6.92 Å². The van der Waals surface area contributed by atoms with Crippen LogP contribution < -0.4 is 0 Å². The number of alkyl halides is 2. The van der Waals surface area contributed by atoms with Gasteiger partial charge in [0.15, 0.2) is 0 Å². The van der Waals surface area contributed by atoms with Crippen LogP contribution in [0.15, 0.2) is 42.7 Å². The van der Waals surface area contributed by atoms with E-state index in [0.717, 1.165) is 17.0 Å². The average Bonchev–Trinajstić information content (AvgIpc) is 2.74. The number of nitrogens with zero attached hydrogens (tertiary/aromatic N) is 3. The maximum atomic E-state index is 12.5. The van der Waals surface area contributed by atoms with Crippen LogP contribution in [0.25, 0.3) is 17.0 Å². The molecule has 0 atom stereocenters. The Labute approximate surface area is 108 Å². The van der Waals surface area contributed by atoms with E-state index in [2.05, 4.69) is 9.97 Å². The summed E-state index contributed by atoms with van der Waals surface area (Å²) in [5, 5.41) is 0. The van der Waals surface area contributed by atoms with Crippen molar-refractivity contribution in [3.8, 4) is 11.3 Å². The fourth-order valence-electron chi connectivity index (χ4n) is 2.13. The fourth-order valence-corrected chi connectivity index (χ4v) is 2.13. The van der Waals surface area contributed by atoms with E-state index in [4.69, 9.17) is 0 Å². The number of fused-ring (bicyclic) bond motifs is 1. The van der Waals surface area contributed by atoms with Gasteiger partial charge in [0.2, 0.25) is 5.78 Å². The van der Waals surface area contributed by atoms with Gasteiger partial charge in [-0.15, -0.1) is 0 Å². The van der Waals surface area contributed by atoms with Crippen LogP contribution in [0.3, 0.4) is 0 Å². The quantitative estimate of drug-likeness (QED) is 0.703. The normalized spacial score (nSPS) is 11.4. The minimum absolute atomic E-state index is 0.0216. The monoisotopic (exact) mass is 259 g/mol. The third kappa shape index (κ3) is 1.97. The second kappa shape index (κ2) is 4.42. The lowest BCUT2D eigenvalue weighted by molar-refractivity contribution is 0.151. The average molecular weight is 259 g/mol. The topological polar surface area (TPSA) is 30.2 Å². The number of aryl methyl sites for hydroxylation is 1. The number of rotatable bonds is 2. The van der Waals surface area contributed by atoms with Crippen LogP contribution in [-0.2, 0) is 0 Å². The standard InChI is InChI=1S/C14H11F2N3/c1-9-12(19-8-2-7-17-14(19)18-9)10-3-5-11(6-4-10)13(15)16/h2-8,13H,1H3. The Hall–Kier alpha value is -2.30. The summed E-state index contributed by atoms with van der Waals surface area (Å²) >= 11 is 0. The number of hydrogen-bond donors (Lipinski definition) is 0. The van der Waals surface area contributed by atoms with Crippen LogP contribution in [-0.4, -0.2) is 14.4 Å². The molecule has 96 valence electrons. The molecule has 19 heavy (non-hydrogen) atoms. The zero-order chi connectivity index (χ0) is 13.4. The van der Waals surface area contributed by atoms with Gasteiger partial charge in [-0.2, -0.15) is 0 Å². The first-order valence-electron chi connectivity index (χ1n) is 5.85. The van der Waals surface area contributed by atoms with E-state index in [1.54, 1.807) is 18.3 Å². The Morgan fingerprint density at radius 2 is 1.89 bits per heavy atom. The van der Waals surface area contributed by atoms with Gasteiger partial charge in [-0.05, 0) is 13.0 Å². The van der Waals surface area contributed by atoms with Crippen molar-refractivity contribution in [2.45, 2.75) is 13.3 Å². The summed E-state index contributed by atoms with van der Waals surface area (Å²) in [5.74, 6) is 0.605. The second-order valence-electron chi connectivity index (χ2n) is 4.26. The highest BCUT2D eigenvalue weighted by atomic mass is 19.3. The maximum Gasteiger partial charge on any atom is 0.263 e. The van der Waals surface area contributed by atoms with E-state index in [1.165, 1.54) is 12.1 Å². The molecule has 0 N–H and O–H groups in total. The molecule has 0 bridgehead atoms. The first-order valence-corrected chi connectivity index (χ1v) is 5.85. The molecule has 2 aromatic heterocycles. The van der Waals surface area contributed by atoms with Crippen molar-refractivity contribution in [1.29, 1.82) is 0 Å². The van der Waals surface area contributed by atoms with Crippen LogP contribution >= 0.6 is 0 Å². The Balaban J connectivity index is 2.16. The second-order valence-corrected chi connectivity index (χ2v) is 4.26. The number of hydrogen-bond acceptors (Lipinski definition) is 2. The van der Waals surface area contributed by atoms with Crippen molar-refractivity contribution < 1.29 is 8.78 Å². The number of benzene rings is 1. The lowest BCUT2D eigenvalue weighted by atomic mass is 10.1. The Morgan fingerprint density at radius 1 is 1.16 bits per heavy atom. The summed E-state index contributed by atoms with van der Waals surface area (Å²) in [6.07, 6.45) is 1.09. The van der Waals surface area contributed by atoms with Crippen molar-refractivity contribution in [1.82, 2.24) is 14.4 Å². The summed E-state index contributed by atoms with van der Waals surface area (Å²) in [6, 6.07) is 8.06. The highest BCUT2D eigenvalue weighted by Crippen LogP contribution is 2.26. The molecule has 0 aliphatic heterocycles. The number of imidazole rings is 1. The van der Waals surface area contributed by atoms with Gasteiger partial charge >= 0.3 is 0 Å². The molecule has 2 heterocycles. The van der Waals surface area contributed by atoms with Gasteiger partial charge < -0.3 is 0 Å². The van der Waals surface area contributed by atoms with Gasteiger partial charge in [0.1, 0.15) is 0 Å². The lowest BCUT2D eigenvalue weighted by Crippen LogP contribution is -1.91. The highest BCUT2D eigenvalue weighted by Gasteiger charge is 2.12. The molecular weight excluding hydrogens is 248 g/mol. The largest absolute Gasteiger partial charge is 0.283 e. The minimum Gasteiger partial charge on any atom is -0.283 e. The molecule has 0 fully saturated rings. The summed E-state index contributed by atoms with van der Waals surface area (Å²) < 4.78 is 26.9. The third-order valence-corrected chi connectivity index (χ3v) is 3.01. The molecule has 0 radical (unpaired) electrons. The molecule has 0 saturated carbocycles. The van der Waals surface area contributed by atoms with E-state index < -0.39 is 6.43 Å². The Morgan fingerprint density at radius 3 is 2.58 bits per heavy atom. The molecule has 5 heteroatoms. The van der Waals surface area contributed by atoms with E-state index in [0.29, 0.717) is 5.78 Å². The van der Waals surface area contributed by atoms with Crippen LogP contribution in [0.5, 0.6) is 0 Å². The molecule has 0 unspecified atom stereocenters. The van der Waals surface area contributed by atoms with Crippen molar-refractivity contribution >= 4 is 5.78 Å². The zero-order valence-corrected chi connectivity index (χ0v) is 10.2. The van der Waals surface area contributed by atoms with Gasteiger partial charge in [-0.1, -0.05) is 24.3 Å². The summed E-state index contributed by atoms with van der Waals surface area (Å²) in [7, 11) is 0. The first-order chi connectivity index (χ1) is 9.16. The van der Waals surface area contributed by atoms with Crippen LogP contribution in [0.4, 0.5) is 8.78 Å². The third-order valence-electron chi connectivity index (χ3n) is 3.01. The Kier molecular flexibility index (Phi) is 2.74. The molecule has 0 amide bonds. The van der Waals surface area contributed by atoms with Gasteiger partial charge in [0.25, 0.3) is 6.43 Å². The molecule has 0 spiro atoms. The van der Waals surface area contributed by atoms with Crippen molar-refractivity contribution in [3.63, 3.8) is 0 Å². The van der Waals surface area contributed by atoms with Gasteiger partial charge in [0, 0.05) is 23.5 Å². The van der Waals surface area contributed by atoms with E-state index in [-0.39, 0.29) is 5.56 Å². The van der Waals surface area contributed by atoms with Crippen LogP contribution in [0.2, 0.25) is 0 Å². The summed E-state index contributed by atoms with van der Waals surface area (Å²) in [4.78, 5) is 8.52. The highest BCUT2D eigenvalue weighted by molar-refractivity contribution is 5.66. The molecule has 0 aliphatic carbocycles. The van der Waals surface area contributed by atoms with Crippen LogP contribution in [0.1, 0.15) is 17.7 Å². The molecule has 3 nitrogen and oxygen atoms in total. The molecule has 0 saturated heterocycles. The zero-order valence-electron chi connectivity index (χ0n) is 10.2. The first kappa shape index (κ1) is 11.8. The van der Waals surface area contributed by atoms with Crippen molar-refractivity contribution in [2.24, 2.45) is 0 Å². The SMILES string of the molecule is Cc1nc2ncccn2c1-c1ccc(C(F)F)cc1. The van der Waals surface area contributed by atoms with Crippen molar-refractivity contribution in [3.05, 3.63) is 54.0 Å². The molecular formula is C14H11F2N3. The van der Waals surface area contributed by atoms with Gasteiger partial charge in [-0.3, -0.25) is 4.40 Å². The number of aromatic nitrogens is 3. The molecule has 3 rings (SSSR count). The predicted molar refractivity (Wildman–Crippen MR) is 68.1 cm³/mol. The number of halogens is 2. The summed E-state index contributed by atoms with van der Waals surface area (Å²) in [5.41, 5.74) is 2.57. The smallest absolute Gasteiger partial charge is 0.263 e. The predicted octanol–water partition coefficient (Wildman–Crippen LogP) is 3.64. The van der Waals surface area contributed by atoms with Gasteiger partial charge in [0.05, 0.1) is 11.4 Å². The molecule has 0 aliphatic rings. The summed E-state index contributed by atoms with van der Waals surface area (Å²) in [6.45, 7) is 1.88. The van der Waals surface area contributed by atoms with E-state index >= 15 is 0 Å². The Bertz CT molecular complexity index is 717. The minimum atomic E-state index is -2.45. The molecule has 1 aromatic carbocycles. The van der Waals surface area contributed by atoms with Crippen molar-refractivity contribution in [2.75, 3.05) is 0 Å².